The predicted molar refractivity (Wildman–Crippen MR) is 74.8 cm³/mol. The number of rotatable bonds is 4. The first-order chi connectivity index (χ1) is 9.79. The summed E-state index contributed by atoms with van der Waals surface area (Å²) in [6, 6.07) is 5.08. The Morgan fingerprint density at radius 3 is 2.67 bits per heavy atom. The van der Waals surface area contributed by atoms with E-state index in [2.05, 4.69) is 5.32 Å². The fraction of sp³-hybridized carbons (Fsp3) is 0.214. The third-order valence-electron chi connectivity index (χ3n) is 2.98. The molecule has 21 heavy (non-hydrogen) atoms. The van der Waals surface area contributed by atoms with Crippen molar-refractivity contribution in [3.8, 4) is 0 Å². The van der Waals surface area contributed by atoms with E-state index < -0.39 is 17.7 Å². The van der Waals surface area contributed by atoms with E-state index in [9.17, 15) is 18.0 Å². The van der Waals surface area contributed by atoms with Gasteiger partial charge in [0, 0.05) is 12.2 Å². The number of carboxylic acid groups (broad SMARTS) is 1. The molecule has 0 saturated carbocycles. The number of carboxylic acids is 1. The average Bonchev–Trinajstić information content (AvgIpc) is 2.85. The average molecular weight is 315 g/mol. The molecule has 0 aliphatic carbocycles. The Balaban J connectivity index is 2.20. The van der Waals surface area contributed by atoms with Gasteiger partial charge in [-0.3, -0.25) is 0 Å². The molecule has 2 aromatic rings. The van der Waals surface area contributed by atoms with Crippen LogP contribution >= 0.6 is 11.3 Å². The van der Waals surface area contributed by atoms with Crippen molar-refractivity contribution in [2.45, 2.75) is 19.6 Å². The lowest BCUT2D eigenvalue weighted by molar-refractivity contribution is -0.137. The summed E-state index contributed by atoms with van der Waals surface area (Å²) >= 11 is 1.08. The molecular formula is C14H12F3NO2S. The molecule has 0 spiro atoms. The second-order valence-corrected chi connectivity index (χ2v) is 5.38. The van der Waals surface area contributed by atoms with Crippen molar-refractivity contribution in [2.75, 3.05) is 5.32 Å². The van der Waals surface area contributed by atoms with E-state index in [1.54, 1.807) is 18.4 Å². The monoisotopic (exact) mass is 315 g/mol. The SMILES string of the molecule is Cc1ccc(C(F)(F)F)cc1NCc1ccsc1C(=O)O. The zero-order valence-corrected chi connectivity index (χ0v) is 11.8. The highest BCUT2D eigenvalue weighted by Crippen LogP contribution is 2.32. The first-order valence-electron chi connectivity index (χ1n) is 6.00. The van der Waals surface area contributed by atoms with Crippen LogP contribution in [-0.2, 0) is 12.7 Å². The van der Waals surface area contributed by atoms with Crippen LogP contribution in [0, 0.1) is 6.92 Å². The number of benzene rings is 1. The maximum absolute atomic E-state index is 12.7. The summed E-state index contributed by atoms with van der Waals surface area (Å²) in [7, 11) is 0. The lowest BCUT2D eigenvalue weighted by atomic mass is 10.1. The molecule has 0 fully saturated rings. The van der Waals surface area contributed by atoms with Crippen molar-refractivity contribution in [3.63, 3.8) is 0 Å². The molecule has 0 bridgehead atoms. The number of nitrogens with one attached hydrogen (secondary N) is 1. The maximum Gasteiger partial charge on any atom is 0.416 e. The molecule has 0 aliphatic rings. The lowest BCUT2D eigenvalue weighted by Crippen LogP contribution is -2.08. The van der Waals surface area contributed by atoms with E-state index in [4.69, 9.17) is 5.11 Å². The van der Waals surface area contributed by atoms with Crippen molar-refractivity contribution >= 4 is 23.0 Å². The number of anilines is 1. The van der Waals surface area contributed by atoms with Gasteiger partial charge in [-0.2, -0.15) is 13.2 Å². The minimum atomic E-state index is -4.40. The third kappa shape index (κ3) is 3.55. The molecule has 7 heteroatoms. The molecule has 0 amide bonds. The highest BCUT2D eigenvalue weighted by atomic mass is 32.1. The molecule has 0 aliphatic heterocycles. The van der Waals surface area contributed by atoms with Gasteiger partial charge in [0.2, 0.25) is 0 Å². The van der Waals surface area contributed by atoms with Crippen molar-refractivity contribution in [1.29, 1.82) is 0 Å². The van der Waals surface area contributed by atoms with Crippen LogP contribution in [-0.4, -0.2) is 11.1 Å². The summed E-state index contributed by atoms with van der Waals surface area (Å²) in [6.07, 6.45) is -4.40. The van der Waals surface area contributed by atoms with Crippen molar-refractivity contribution in [1.82, 2.24) is 0 Å². The van der Waals surface area contributed by atoms with Gasteiger partial charge in [-0.25, -0.2) is 4.79 Å². The number of hydrogen-bond donors (Lipinski definition) is 2. The number of hydrogen-bond acceptors (Lipinski definition) is 3. The topological polar surface area (TPSA) is 49.3 Å². The Labute approximate surface area is 123 Å². The Morgan fingerprint density at radius 2 is 2.05 bits per heavy atom. The van der Waals surface area contributed by atoms with E-state index >= 15 is 0 Å². The minimum Gasteiger partial charge on any atom is -0.477 e. The van der Waals surface area contributed by atoms with Gasteiger partial charge >= 0.3 is 12.1 Å². The Morgan fingerprint density at radius 1 is 1.33 bits per heavy atom. The molecule has 112 valence electrons. The standard InChI is InChI=1S/C14H12F3NO2S/c1-8-2-3-10(14(15,16)17)6-11(8)18-7-9-4-5-21-12(9)13(19)20/h2-6,18H,7H2,1H3,(H,19,20). The number of alkyl halides is 3. The highest BCUT2D eigenvalue weighted by Gasteiger charge is 2.30. The van der Waals surface area contributed by atoms with Gasteiger partial charge in [0.25, 0.3) is 0 Å². The van der Waals surface area contributed by atoms with Gasteiger partial charge in [-0.05, 0) is 41.6 Å². The molecule has 1 heterocycles. The van der Waals surface area contributed by atoms with Gasteiger partial charge in [0.15, 0.2) is 0 Å². The molecule has 0 atom stereocenters. The summed E-state index contributed by atoms with van der Waals surface area (Å²) in [5.74, 6) is -1.04. The fourth-order valence-electron chi connectivity index (χ4n) is 1.84. The molecule has 1 aromatic heterocycles. The molecule has 2 rings (SSSR count). The van der Waals surface area contributed by atoms with Crippen LogP contribution in [0.15, 0.2) is 29.6 Å². The van der Waals surface area contributed by atoms with Gasteiger partial charge in [0.05, 0.1) is 5.56 Å². The summed E-state index contributed by atoms with van der Waals surface area (Å²) in [5.41, 5.74) is 0.811. The van der Waals surface area contributed by atoms with Crippen molar-refractivity contribution < 1.29 is 23.1 Å². The Kier molecular flexibility index (Phi) is 4.22. The molecule has 3 nitrogen and oxygen atoms in total. The quantitative estimate of drug-likeness (QED) is 0.880. The van der Waals surface area contributed by atoms with Gasteiger partial charge in [-0.1, -0.05) is 6.07 Å². The first-order valence-corrected chi connectivity index (χ1v) is 6.88. The van der Waals surface area contributed by atoms with Gasteiger partial charge in [-0.15, -0.1) is 11.3 Å². The van der Waals surface area contributed by atoms with Crippen LogP contribution in [0.3, 0.4) is 0 Å². The summed E-state index contributed by atoms with van der Waals surface area (Å²) in [4.78, 5) is 11.2. The number of aromatic carboxylic acids is 1. The first kappa shape index (κ1) is 15.4. The van der Waals surface area contributed by atoms with Crippen LogP contribution in [0.1, 0.15) is 26.4 Å². The Hall–Kier alpha value is -2.02. The molecule has 0 unspecified atom stereocenters. The molecule has 0 radical (unpaired) electrons. The second-order valence-electron chi connectivity index (χ2n) is 4.46. The lowest BCUT2D eigenvalue weighted by Gasteiger charge is -2.13. The maximum atomic E-state index is 12.7. The highest BCUT2D eigenvalue weighted by molar-refractivity contribution is 7.12. The van der Waals surface area contributed by atoms with E-state index in [0.717, 1.165) is 23.5 Å². The van der Waals surface area contributed by atoms with Crippen LogP contribution in [0.5, 0.6) is 0 Å². The zero-order valence-electron chi connectivity index (χ0n) is 11.0. The number of carbonyl (C=O) groups is 1. The Bertz CT molecular complexity index is 664. The van der Waals surface area contributed by atoms with E-state index in [0.29, 0.717) is 16.8 Å². The van der Waals surface area contributed by atoms with E-state index in [1.165, 1.54) is 6.07 Å². The second kappa shape index (κ2) is 5.77. The van der Waals surface area contributed by atoms with Crippen LogP contribution in [0.25, 0.3) is 0 Å². The molecule has 2 N–H and O–H groups in total. The van der Waals surface area contributed by atoms with Crippen LogP contribution < -0.4 is 5.32 Å². The number of thiophene rings is 1. The normalized spacial score (nSPS) is 11.4. The van der Waals surface area contributed by atoms with E-state index in [1.807, 2.05) is 0 Å². The van der Waals surface area contributed by atoms with Crippen molar-refractivity contribution in [2.24, 2.45) is 0 Å². The smallest absolute Gasteiger partial charge is 0.416 e. The van der Waals surface area contributed by atoms with E-state index in [-0.39, 0.29) is 11.4 Å². The van der Waals surface area contributed by atoms with Crippen LogP contribution in [0.4, 0.5) is 18.9 Å². The fourth-order valence-corrected chi connectivity index (χ4v) is 2.60. The molecule has 0 saturated heterocycles. The van der Waals surface area contributed by atoms with Gasteiger partial charge in [0.1, 0.15) is 4.88 Å². The predicted octanol–water partition coefficient (Wildman–Crippen LogP) is 4.39. The number of halogens is 3. The zero-order chi connectivity index (χ0) is 15.6. The number of aryl methyl sites for hydroxylation is 1. The summed E-state index contributed by atoms with van der Waals surface area (Å²) < 4.78 is 38.0. The van der Waals surface area contributed by atoms with Gasteiger partial charge < -0.3 is 10.4 Å². The van der Waals surface area contributed by atoms with Crippen LogP contribution in [0.2, 0.25) is 0 Å². The largest absolute Gasteiger partial charge is 0.477 e. The minimum absolute atomic E-state index is 0.160. The third-order valence-corrected chi connectivity index (χ3v) is 3.92. The molecule has 1 aromatic carbocycles. The molecular weight excluding hydrogens is 303 g/mol. The summed E-state index contributed by atoms with van der Waals surface area (Å²) in [6.45, 7) is 1.85. The van der Waals surface area contributed by atoms with Crippen molar-refractivity contribution in [3.05, 3.63) is 51.2 Å². The summed E-state index contributed by atoms with van der Waals surface area (Å²) in [5, 5.41) is 13.5.